The van der Waals surface area contributed by atoms with Crippen LogP contribution in [0.3, 0.4) is 0 Å². The van der Waals surface area contributed by atoms with Gasteiger partial charge in [-0.25, -0.2) is 9.67 Å². The van der Waals surface area contributed by atoms with Crippen LogP contribution in [0.15, 0.2) is 72.2 Å². The number of aromatic nitrogens is 5. The van der Waals surface area contributed by atoms with E-state index >= 15 is 0 Å². The van der Waals surface area contributed by atoms with Gasteiger partial charge in [-0.1, -0.05) is 23.0 Å². The van der Waals surface area contributed by atoms with Gasteiger partial charge in [0.25, 0.3) is 5.91 Å². The molecule has 0 radical (unpaired) electrons. The maximum absolute atomic E-state index is 12.9. The predicted molar refractivity (Wildman–Crippen MR) is 132 cm³/mol. The monoisotopic (exact) mass is 497 g/mol. The lowest BCUT2D eigenvalue weighted by Crippen LogP contribution is -2.76. The SMILES string of the molecule is C=CC(=O)NC12CC(c3cn(-c4ccc(NC(=O)c5cccc(-c6cnoc6)n5)c(OC)c4)nn3)(C1)C2. The van der Waals surface area contributed by atoms with E-state index in [2.05, 4.69) is 37.7 Å². The molecular weight excluding hydrogens is 474 g/mol. The summed E-state index contributed by atoms with van der Waals surface area (Å²) in [7, 11) is 1.53. The first-order valence-electron chi connectivity index (χ1n) is 11.7. The summed E-state index contributed by atoms with van der Waals surface area (Å²) < 4.78 is 12.1. The Morgan fingerprint density at radius 2 is 2.05 bits per heavy atom. The van der Waals surface area contributed by atoms with Crippen LogP contribution >= 0.6 is 0 Å². The van der Waals surface area contributed by atoms with Crippen LogP contribution in [0.5, 0.6) is 5.75 Å². The lowest BCUT2D eigenvalue weighted by molar-refractivity contribution is -0.134. The number of amides is 2. The number of nitrogens with zero attached hydrogens (tertiary/aromatic N) is 5. The molecule has 3 aliphatic rings. The van der Waals surface area contributed by atoms with Crippen LogP contribution in [0.25, 0.3) is 16.9 Å². The number of benzene rings is 1. The van der Waals surface area contributed by atoms with Gasteiger partial charge < -0.3 is 19.9 Å². The van der Waals surface area contributed by atoms with E-state index in [1.165, 1.54) is 25.6 Å². The zero-order valence-electron chi connectivity index (χ0n) is 20.0. The summed E-state index contributed by atoms with van der Waals surface area (Å²) in [5.74, 6) is -0.0573. The predicted octanol–water partition coefficient (Wildman–Crippen LogP) is 3.05. The zero-order valence-corrected chi connectivity index (χ0v) is 20.0. The van der Waals surface area contributed by atoms with E-state index in [1.807, 2.05) is 12.3 Å². The summed E-state index contributed by atoms with van der Waals surface area (Å²) in [5, 5.41) is 18.3. The number of rotatable bonds is 8. The molecule has 3 aliphatic carbocycles. The fourth-order valence-electron chi connectivity index (χ4n) is 5.30. The van der Waals surface area contributed by atoms with E-state index in [4.69, 9.17) is 9.26 Å². The third-order valence-electron chi connectivity index (χ3n) is 7.05. The van der Waals surface area contributed by atoms with Crippen molar-refractivity contribution in [3.8, 4) is 22.7 Å². The molecule has 11 nitrogen and oxygen atoms in total. The van der Waals surface area contributed by atoms with Gasteiger partial charge in [-0.2, -0.15) is 0 Å². The van der Waals surface area contributed by atoms with Gasteiger partial charge in [0.05, 0.1) is 47.8 Å². The Labute approximate surface area is 211 Å². The number of hydrogen-bond donors (Lipinski definition) is 2. The summed E-state index contributed by atoms with van der Waals surface area (Å²) in [4.78, 5) is 29.0. The number of pyridine rings is 1. The minimum absolute atomic E-state index is 0.0429. The molecule has 3 heterocycles. The van der Waals surface area contributed by atoms with Gasteiger partial charge in [0.1, 0.15) is 17.7 Å². The molecule has 11 heteroatoms. The van der Waals surface area contributed by atoms with E-state index < -0.39 is 0 Å². The van der Waals surface area contributed by atoms with Crippen molar-refractivity contribution in [3.05, 3.63) is 79.1 Å². The third kappa shape index (κ3) is 3.84. The first-order valence-corrected chi connectivity index (χ1v) is 11.7. The van der Waals surface area contributed by atoms with Crippen molar-refractivity contribution in [1.29, 1.82) is 0 Å². The number of methoxy groups -OCH3 is 1. The Bertz CT molecular complexity index is 1510. The highest BCUT2D eigenvalue weighted by Crippen LogP contribution is 2.67. The first-order chi connectivity index (χ1) is 17.9. The minimum Gasteiger partial charge on any atom is -0.494 e. The highest BCUT2D eigenvalue weighted by Gasteiger charge is 2.70. The largest absolute Gasteiger partial charge is 0.494 e. The van der Waals surface area contributed by atoms with Crippen molar-refractivity contribution in [2.75, 3.05) is 12.4 Å². The summed E-state index contributed by atoms with van der Waals surface area (Å²) >= 11 is 0. The van der Waals surface area contributed by atoms with Crippen molar-refractivity contribution in [2.45, 2.75) is 30.2 Å². The fourth-order valence-corrected chi connectivity index (χ4v) is 5.30. The Kier molecular flexibility index (Phi) is 5.14. The number of nitrogens with one attached hydrogen (secondary N) is 2. The Hall–Kier alpha value is -4.80. The quantitative estimate of drug-likeness (QED) is 0.355. The standard InChI is InChI=1S/C26H23N7O4/c1-3-23(34)30-26-13-25(14-26,15-26)22-11-33(32-31-22)17-7-8-19(21(9-17)36-2)29-24(35)20-6-4-5-18(28-20)16-10-27-37-12-16/h3-12H,1,13-15H2,2H3,(H,29,35)(H,30,34). The Morgan fingerprint density at radius 3 is 2.78 bits per heavy atom. The molecule has 186 valence electrons. The summed E-state index contributed by atoms with van der Waals surface area (Å²) in [5.41, 5.74) is 3.45. The van der Waals surface area contributed by atoms with Gasteiger partial charge in [0.2, 0.25) is 5.91 Å². The molecule has 2 amide bonds. The van der Waals surface area contributed by atoms with Gasteiger partial charge in [-0.15, -0.1) is 5.10 Å². The molecule has 3 aromatic heterocycles. The molecule has 0 saturated heterocycles. The van der Waals surface area contributed by atoms with Crippen molar-refractivity contribution < 1.29 is 18.8 Å². The van der Waals surface area contributed by atoms with Crippen LogP contribution in [-0.2, 0) is 10.2 Å². The highest BCUT2D eigenvalue weighted by atomic mass is 16.5. The van der Waals surface area contributed by atoms with Crippen molar-refractivity contribution in [1.82, 2.24) is 30.5 Å². The van der Waals surface area contributed by atoms with Gasteiger partial charge in [-0.05, 0) is 49.6 Å². The number of carbonyl (C=O) groups excluding carboxylic acids is 2. The smallest absolute Gasteiger partial charge is 0.274 e. The molecule has 2 N–H and O–H groups in total. The van der Waals surface area contributed by atoms with Crippen LogP contribution in [0.2, 0.25) is 0 Å². The second-order valence-corrected chi connectivity index (χ2v) is 9.49. The van der Waals surface area contributed by atoms with Gasteiger partial charge in [-0.3, -0.25) is 9.59 Å². The molecule has 3 saturated carbocycles. The van der Waals surface area contributed by atoms with Crippen LogP contribution in [-0.4, -0.2) is 49.6 Å². The highest BCUT2D eigenvalue weighted by molar-refractivity contribution is 6.04. The minimum atomic E-state index is -0.381. The Balaban J connectivity index is 1.17. The number of hydrogen-bond acceptors (Lipinski definition) is 8. The van der Waals surface area contributed by atoms with Gasteiger partial charge >= 0.3 is 0 Å². The molecular formula is C26H23N7O4. The first kappa shape index (κ1) is 22.7. The van der Waals surface area contributed by atoms with Crippen molar-refractivity contribution in [2.24, 2.45) is 0 Å². The second kappa shape index (κ2) is 8.40. The molecule has 1 aromatic carbocycles. The van der Waals surface area contributed by atoms with Crippen molar-refractivity contribution in [3.63, 3.8) is 0 Å². The lowest BCUT2D eigenvalue weighted by atomic mass is 9.38. The maximum Gasteiger partial charge on any atom is 0.274 e. The van der Waals surface area contributed by atoms with E-state index in [0.29, 0.717) is 22.7 Å². The molecule has 0 unspecified atom stereocenters. The summed E-state index contributed by atoms with van der Waals surface area (Å²) in [6, 6.07) is 10.5. The van der Waals surface area contributed by atoms with E-state index in [1.54, 1.807) is 35.0 Å². The molecule has 2 bridgehead atoms. The van der Waals surface area contributed by atoms with Crippen LogP contribution < -0.4 is 15.4 Å². The van der Waals surface area contributed by atoms with E-state index in [0.717, 1.165) is 30.6 Å². The molecule has 7 rings (SSSR count). The molecule has 37 heavy (non-hydrogen) atoms. The molecule has 0 aliphatic heterocycles. The maximum atomic E-state index is 12.9. The van der Waals surface area contributed by atoms with E-state index in [9.17, 15) is 9.59 Å². The van der Waals surface area contributed by atoms with Crippen molar-refractivity contribution >= 4 is 17.5 Å². The second-order valence-electron chi connectivity index (χ2n) is 9.49. The zero-order chi connectivity index (χ0) is 25.6. The average Bonchev–Trinajstić information content (AvgIpc) is 3.58. The van der Waals surface area contributed by atoms with Crippen LogP contribution in [0.4, 0.5) is 5.69 Å². The normalized spacial score (nSPS) is 21.3. The number of ether oxygens (including phenoxy) is 1. The lowest BCUT2D eigenvalue weighted by Gasteiger charge is -2.69. The molecule has 3 fully saturated rings. The van der Waals surface area contributed by atoms with Crippen LogP contribution in [0.1, 0.15) is 35.4 Å². The van der Waals surface area contributed by atoms with E-state index in [-0.39, 0.29) is 28.5 Å². The topological polar surface area (TPSA) is 137 Å². The molecule has 4 aromatic rings. The average molecular weight is 498 g/mol. The summed E-state index contributed by atoms with van der Waals surface area (Å²) in [6.07, 6.45) is 8.75. The fraction of sp³-hybridized carbons (Fsp3) is 0.231. The van der Waals surface area contributed by atoms with Gasteiger partial charge in [0, 0.05) is 17.0 Å². The molecule has 0 atom stereocenters. The summed E-state index contributed by atoms with van der Waals surface area (Å²) in [6.45, 7) is 3.52. The third-order valence-corrected chi connectivity index (χ3v) is 7.05. The van der Waals surface area contributed by atoms with Crippen LogP contribution in [0, 0.1) is 0 Å². The van der Waals surface area contributed by atoms with Gasteiger partial charge in [0.15, 0.2) is 0 Å². The molecule has 0 spiro atoms. The number of carbonyl (C=O) groups is 2. The Morgan fingerprint density at radius 1 is 1.22 bits per heavy atom. The number of anilines is 1.